The average Bonchev–Trinajstić information content (AvgIpc) is 3.39. The first-order valence-corrected chi connectivity index (χ1v) is 9.77. The summed E-state index contributed by atoms with van der Waals surface area (Å²) < 4.78 is 43.9. The highest BCUT2D eigenvalue weighted by molar-refractivity contribution is 6.09. The van der Waals surface area contributed by atoms with Crippen LogP contribution in [0, 0.1) is 23.7 Å². The SMILES string of the molecule is C[C@H](C(=O)OCC(=O)Nc1ccccc1C(F)(F)F)N1C(=O)[C@@H]2[C@@H](C1=O)[C@H]1C=C[C@H]2C1. The Morgan fingerprint density at radius 2 is 1.71 bits per heavy atom. The van der Waals surface area contributed by atoms with Crippen LogP contribution in [0.2, 0.25) is 0 Å². The largest absolute Gasteiger partial charge is 0.454 e. The lowest BCUT2D eigenvalue weighted by Crippen LogP contribution is -2.45. The second-order valence-corrected chi connectivity index (χ2v) is 7.92. The molecule has 1 aromatic rings. The lowest BCUT2D eigenvalue weighted by molar-refractivity contribution is -0.159. The van der Waals surface area contributed by atoms with E-state index < -0.39 is 65.6 Å². The second-order valence-electron chi connectivity index (χ2n) is 7.92. The molecule has 3 amide bonds. The highest BCUT2D eigenvalue weighted by Crippen LogP contribution is 2.52. The van der Waals surface area contributed by atoms with Crippen LogP contribution < -0.4 is 5.32 Å². The van der Waals surface area contributed by atoms with E-state index in [9.17, 15) is 32.3 Å². The van der Waals surface area contributed by atoms with Crippen molar-refractivity contribution in [3.8, 4) is 0 Å². The Morgan fingerprint density at radius 1 is 1.13 bits per heavy atom. The lowest BCUT2D eigenvalue weighted by Gasteiger charge is -2.23. The maximum atomic E-state index is 13.0. The first-order chi connectivity index (χ1) is 14.6. The Morgan fingerprint density at radius 3 is 2.29 bits per heavy atom. The van der Waals surface area contributed by atoms with Gasteiger partial charge in [-0.1, -0.05) is 24.3 Å². The molecule has 2 bridgehead atoms. The fraction of sp³-hybridized carbons (Fsp3) is 0.429. The topological polar surface area (TPSA) is 92.8 Å². The molecule has 31 heavy (non-hydrogen) atoms. The van der Waals surface area contributed by atoms with Crippen LogP contribution in [0.3, 0.4) is 0 Å². The van der Waals surface area contributed by atoms with E-state index in [1.165, 1.54) is 19.1 Å². The number of halogens is 3. The summed E-state index contributed by atoms with van der Waals surface area (Å²) in [6.45, 7) is 0.469. The summed E-state index contributed by atoms with van der Waals surface area (Å²) in [5.41, 5.74) is -1.50. The third kappa shape index (κ3) is 3.60. The van der Waals surface area contributed by atoms with Crippen LogP contribution >= 0.6 is 0 Å². The van der Waals surface area contributed by atoms with Crippen molar-refractivity contribution in [1.82, 2.24) is 4.90 Å². The van der Waals surface area contributed by atoms with Gasteiger partial charge >= 0.3 is 12.1 Å². The molecule has 1 aliphatic heterocycles. The molecule has 0 radical (unpaired) electrons. The van der Waals surface area contributed by atoms with Crippen LogP contribution in [0.4, 0.5) is 18.9 Å². The minimum absolute atomic E-state index is 0.0147. The summed E-state index contributed by atoms with van der Waals surface area (Å²) in [6, 6.07) is 3.16. The van der Waals surface area contributed by atoms with E-state index in [2.05, 4.69) is 5.32 Å². The number of anilines is 1. The van der Waals surface area contributed by atoms with Crippen LogP contribution in [0.15, 0.2) is 36.4 Å². The van der Waals surface area contributed by atoms with Crippen molar-refractivity contribution in [2.75, 3.05) is 11.9 Å². The van der Waals surface area contributed by atoms with Crippen molar-refractivity contribution in [2.45, 2.75) is 25.6 Å². The van der Waals surface area contributed by atoms with Gasteiger partial charge in [-0.3, -0.25) is 19.3 Å². The maximum absolute atomic E-state index is 13.0. The van der Waals surface area contributed by atoms with Gasteiger partial charge in [0.05, 0.1) is 23.1 Å². The van der Waals surface area contributed by atoms with Crippen molar-refractivity contribution in [2.24, 2.45) is 23.7 Å². The number of nitrogens with one attached hydrogen (secondary N) is 1. The molecule has 1 saturated carbocycles. The van der Waals surface area contributed by atoms with Crippen LogP contribution in [0.25, 0.3) is 0 Å². The molecule has 5 atom stereocenters. The Hall–Kier alpha value is -3.17. The number of allylic oxidation sites excluding steroid dienone is 2. The zero-order chi connectivity index (χ0) is 22.5. The van der Waals surface area contributed by atoms with Gasteiger partial charge in [-0.05, 0) is 37.3 Å². The Kier molecular flexibility index (Phi) is 5.10. The summed E-state index contributed by atoms with van der Waals surface area (Å²) in [6.07, 6.45) is -0.0732. The molecule has 164 valence electrons. The van der Waals surface area contributed by atoms with E-state index in [-0.39, 0.29) is 11.8 Å². The van der Waals surface area contributed by atoms with Crippen LogP contribution in [-0.2, 0) is 30.1 Å². The van der Waals surface area contributed by atoms with Gasteiger partial charge in [-0.2, -0.15) is 13.2 Å². The maximum Gasteiger partial charge on any atom is 0.418 e. The number of benzene rings is 1. The molecule has 3 aliphatic rings. The monoisotopic (exact) mass is 436 g/mol. The number of likely N-dealkylation sites (tertiary alicyclic amines) is 1. The number of hydrogen-bond acceptors (Lipinski definition) is 5. The molecule has 1 N–H and O–H groups in total. The number of amides is 3. The van der Waals surface area contributed by atoms with Crippen molar-refractivity contribution < 1.29 is 37.1 Å². The zero-order valence-electron chi connectivity index (χ0n) is 16.4. The number of carbonyl (C=O) groups is 4. The number of nitrogens with zero attached hydrogens (tertiary/aromatic N) is 1. The molecule has 0 aromatic heterocycles. The van der Waals surface area contributed by atoms with Gasteiger partial charge in [0.2, 0.25) is 11.8 Å². The number of esters is 1. The van der Waals surface area contributed by atoms with Gasteiger partial charge < -0.3 is 10.1 Å². The third-order valence-electron chi connectivity index (χ3n) is 6.08. The van der Waals surface area contributed by atoms with Gasteiger partial charge in [0.25, 0.3) is 5.91 Å². The minimum atomic E-state index is -4.67. The predicted octanol–water partition coefficient (Wildman–Crippen LogP) is 2.38. The van der Waals surface area contributed by atoms with Gasteiger partial charge in [-0.25, -0.2) is 4.79 Å². The molecule has 0 spiro atoms. The van der Waals surface area contributed by atoms with Crippen LogP contribution in [0.1, 0.15) is 18.9 Å². The highest BCUT2D eigenvalue weighted by Gasteiger charge is 2.60. The summed E-state index contributed by atoms with van der Waals surface area (Å²) >= 11 is 0. The Labute approximate surface area is 175 Å². The van der Waals surface area contributed by atoms with Crippen molar-refractivity contribution >= 4 is 29.4 Å². The minimum Gasteiger partial charge on any atom is -0.454 e. The molecule has 4 rings (SSSR count). The Balaban J connectivity index is 1.36. The molecule has 10 heteroatoms. The van der Waals surface area contributed by atoms with E-state index >= 15 is 0 Å². The van der Waals surface area contributed by atoms with E-state index in [0.717, 1.165) is 23.5 Å². The standard InChI is InChI=1S/C21H19F3N2O5/c1-10(26-18(28)16-11-6-7-12(8-11)17(16)19(26)29)20(30)31-9-15(27)25-14-5-3-2-4-13(14)21(22,23)24/h2-7,10-12,16-17H,8-9H2,1H3,(H,25,27)/t10-,11+,12+,16+,17+/m1/s1. The fourth-order valence-electron chi connectivity index (χ4n) is 4.70. The molecule has 7 nitrogen and oxygen atoms in total. The molecule has 2 aliphatic carbocycles. The molecular weight excluding hydrogens is 417 g/mol. The lowest BCUT2D eigenvalue weighted by atomic mass is 9.85. The summed E-state index contributed by atoms with van der Waals surface area (Å²) in [7, 11) is 0. The fourth-order valence-corrected chi connectivity index (χ4v) is 4.70. The van der Waals surface area contributed by atoms with Gasteiger partial charge in [0.15, 0.2) is 6.61 Å². The normalized spacial score (nSPS) is 27.4. The first-order valence-electron chi connectivity index (χ1n) is 9.77. The average molecular weight is 436 g/mol. The van der Waals surface area contributed by atoms with E-state index in [1.807, 2.05) is 12.2 Å². The summed E-state index contributed by atoms with van der Waals surface area (Å²) in [5.74, 6) is -3.80. The molecule has 0 unspecified atom stereocenters. The molecule has 1 aromatic carbocycles. The Bertz CT molecular complexity index is 959. The zero-order valence-corrected chi connectivity index (χ0v) is 16.4. The number of hydrogen-bond donors (Lipinski definition) is 1. The molecule has 1 saturated heterocycles. The van der Waals surface area contributed by atoms with Gasteiger partial charge in [0, 0.05) is 0 Å². The van der Waals surface area contributed by atoms with Crippen molar-refractivity contribution in [3.63, 3.8) is 0 Å². The molecule has 2 fully saturated rings. The number of carbonyl (C=O) groups excluding carboxylic acids is 4. The van der Waals surface area contributed by atoms with Crippen LogP contribution in [-0.4, -0.2) is 41.2 Å². The van der Waals surface area contributed by atoms with E-state index in [1.54, 1.807) is 0 Å². The second kappa shape index (κ2) is 7.51. The quantitative estimate of drug-likeness (QED) is 0.435. The smallest absolute Gasteiger partial charge is 0.418 e. The number of fused-ring (bicyclic) bond motifs is 5. The number of para-hydroxylation sites is 1. The van der Waals surface area contributed by atoms with Crippen molar-refractivity contribution in [3.05, 3.63) is 42.0 Å². The summed E-state index contributed by atoms with van der Waals surface area (Å²) in [5, 5.41) is 2.06. The number of alkyl halides is 3. The van der Waals surface area contributed by atoms with Gasteiger partial charge in [-0.15, -0.1) is 0 Å². The number of rotatable bonds is 5. The number of imide groups is 1. The van der Waals surface area contributed by atoms with E-state index in [4.69, 9.17) is 4.74 Å². The highest BCUT2D eigenvalue weighted by atomic mass is 19.4. The summed E-state index contributed by atoms with van der Waals surface area (Å²) in [4.78, 5) is 50.7. The van der Waals surface area contributed by atoms with E-state index in [0.29, 0.717) is 0 Å². The van der Waals surface area contributed by atoms with Gasteiger partial charge in [0.1, 0.15) is 6.04 Å². The predicted molar refractivity (Wildman–Crippen MR) is 100 cm³/mol. The first kappa shape index (κ1) is 21.1. The molecular formula is C21H19F3N2O5. The van der Waals surface area contributed by atoms with Crippen LogP contribution in [0.5, 0.6) is 0 Å². The number of ether oxygens (including phenoxy) is 1. The third-order valence-corrected chi connectivity index (χ3v) is 6.08. The molecule has 1 heterocycles. The van der Waals surface area contributed by atoms with Crippen molar-refractivity contribution in [1.29, 1.82) is 0 Å².